The zero-order valence-electron chi connectivity index (χ0n) is 7.66. The molecule has 2 N–H and O–H groups in total. The highest BCUT2D eigenvalue weighted by atomic mass is 16.4. The minimum atomic E-state index is -1.09. The lowest BCUT2D eigenvalue weighted by atomic mass is 10.0. The van der Waals surface area contributed by atoms with Gasteiger partial charge in [-0.1, -0.05) is 13.0 Å². The number of hydrogen-bond donors (Lipinski definition) is 2. The summed E-state index contributed by atoms with van der Waals surface area (Å²) in [6.45, 7) is 3.73. The molecule has 0 spiro atoms. The van der Waals surface area contributed by atoms with Crippen molar-refractivity contribution in [3.63, 3.8) is 0 Å². The maximum Gasteiger partial charge on any atom is 0.339 e. The summed E-state index contributed by atoms with van der Waals surface area (Å²) in [5, 5.41) is 18.3. The van der Waals surface area contributed by atoms with E-state index in [1.54, 1.807) is 6.07 Å². The van der Waals surface area contributed by atoms with Crippen LogP contribution in [0.3, 0.4) is 0 Å². The summed E-state index contributed by atoms with van der Waals surface area (Å²) in [6.07, 6.45) is 0.638. The van der Waals surface area contributed by atoms with Gasteiger partial charge in [-0.2, -0.15) is 0 Å². The zero-order chi connectivity index (χ0) is 10.0. The lowest BCUT2D eigenvalue weighted by Crippen LogP contribution is -2.00. The number of carbonyl (C=O) groups is 1. The maximum absolute atomic E-state index is 10.6. The van der Waals surface area contributed by atoms with Gasteiger partial charge in [-0.15, -0.1) is 0 Å². The van der Waals surface area contributed by atoms with Gasteiger partial charge in [0.1, 0.15) is 11.3 Å². The fourth-order valence-electron chi connectivity index (χ4n) is 1.36. The van der Waals surface area contributed by atoms with E-state index in [1.165, 1.54) is 6.07 Å². The molecule has 0 atom stereocenters. The van der Waals surface area contributed by atoms with Crippen molar-refractivity contribution >= 4 is 5.97 Å². The van der Waals surface area contributed by atoms with Gasteiger partial charge in [-0.25, -0.2) is 4.79 Å². The van der Waals surface area contributed by atoms with Crippen molar-refractivity contribution in [1.29, 1.82) is 0 Å². The Morgan fingerprint density at radius 3 is 2.54 bits per heavy atom. The zero-order valence-corrected chi connectivity index (χ0v) is 7.66. The Morgan fingerprint density at radius 1 is 1.46 bits per heavy atom. The molecule has 0 aliphatic rings. The molecule has 3 nitrogen and oxygen atoms in total. The molecule has 0 saturated carbocycles. The van der Waals surface area contributed by atoms with E-state index in [2.05, 4.69) is 0 Å². The smallest absolute Gasteiger partial charge is 0.339 e. The summed E-state index contributed by atoms with van der Waals surface area (Å²) < 4.78 is 0. The van der Waals surface area contributed by atoms with E-state index in [4.69, 9.17) is 5.11 Å². The molecule has 3 heteroatoms. The topological polar surface area (TPSA) is 57.5 Å². The van der Waals surface area contributed by atoms with Crippen molar-refractivity contribution in [1.82, 2.24) is 0 Å². The Balaban J connectivity index is 3.35. The van der Waals surface area contributed by atoms with Crippen LogP contribution in [-0.2, 0) is 6.42 Å². The molecule has 13 heavy (non-hydrogen) atoms. The van der Waals surface area contributed by atoms with E-state index < -0.39 is 5.97 Å². The fourth-order valence-corrected chi connectivity index (χ4v) is 1.36. The quantitative estimate of drug-likeness (QED) is 0.731. The van der Waals surface area contributed by atoms with Gasteiger partial charge in [-0.05, 0) is 30.5 Å². The predicted molar refractivity (Wildman–Crippen MR) is 49.2 cm³/mol. The molecule has 1 aromatic carbocycles. The van der Waals surface area contributed by atoms with E-state index in [9.17, 15) is 9.90 Å². The minimum Gasteiger partial charge on any atom is -0.507 e. The summed E-state index contributed by atoms with van der Waals surface area (Å²) in [4.78, 5) is 10.6. The van der Waals surface area contributed by atoms with Gasteiger partial charge >= 0.3 is 5.97 Å². The van der Waals surface area contributed by atoms with Crippen LogP contribution in [0.5, 0.6) is 5.75 Å². The van der Waals surface area contributed by atoms with Gasteiger partial charge < -0.3 is 10.2 Å². The van der Waals surface area contributed by atoms with Gasteiger partial charge in [0, 0.05) is 0 Å². The van der Waals surface area contributed by atoms with Gasteiger partial charge in [-0.3, -0.25) is 0 Å². The molecule has 0 amide bonds. The monoisotopic (exact) mass is 180 g/mol. The average Bonchev–Trinajstić information content (AvgIpc) is 2.04. The Bertz CT molecular complexity index is 342. The molecule has 1 rings (SSSR count). The SMILES string of the molecule is CCc1c(C)ccc(C(=O)O)c1O. The van der Waals surface area contributed by atoms with Crippen LogP contribution in [0.25, 0.3) is 0 Å². The average molecular weight is 180 g/mol. The molecule has 0 aromatic heterocycles. The maximum atomic E-state index is 10.6. The molecule has 0 radical (unpaired) electrons. The van der Waals surface area contributed by atoms with Crippen LogP contribution in [0.4, 0.5) is 0 Å². The van der Waals surface area contributed by atoms with Crippen LogP contribution < -0.4 is 0 Å². The molecule has 0 unspecified atom stereocenters. The number of phenols is 1. The third-order valence-electron chi connectivity index (χ3n) is 2.10. The Hall–Kier alpha value is -1.51. The van der Waals surface area contributed by atoms with Gasteiger partial charge in [0.25, 0.3) is 0 Å². The molecule has 0 aliphatic heterocycles. The molecule has 1 aromatic rings. The molecule has 0 heterocycles. The molecule has 0 saturated heterocycles. The van der Waals surface area contributed by atoms with E-state index in [0.29, 0.717) is 12.0 Å². The Labute approximate surface area is 76.6 Å². The number of hydrogen-bond acceptors (Lipinski definition) is 2. The summed E-state index contributed by atoms with van der Waals surface area (Å²) in [6, 6.07) is 3.13. The molecule has 0 bridgehead atoms. The van der Waals surface area contributed by atoms with E-state index in [-0.39, 0.29) is 11.3 Å². The van der Waals surface area contributed by atoms with Gasteiger partial charge in [0.15, 0.2) is 0 Å². The van der Waals surface area contributed by atoms with Crippen LogP contribution >= 0.6 is 0 Å². The van der Waals surface area contributed by atoms with Crippen LogP contribution in [0, 0.1) is 6.92 Å². The lowest BCUT2D eigenvalue weighted by molar-refractivity contribution is 0.0693. The number of aromatic carboxylic acids is 1. The third kappa shape index (κ3) is 1.64. The first-order valence-corrected chi connectivity index (χ1v) is 4.12. The molecule has 70 valence electrons. The highest BCUT2D eigenvalue weighted by Crippen LogP contribution is 2.26. The van der Waals surface area contributed by atoms with E-state index in [1.807, 2.05) is 13.8 Å². The third-order valence-corrected chi connectivity index (χ3v) is 2.10. The summed E-state index contributed by atoms with van der Waals surface area (Å²) in [7, 11) is 0. The van der Waals surface area contributed by atoms with Gasteiger partial charge in [0.2, 0.25) is 0 Å². The summed E-state index contributed by atoms with van der Waals surface area (Å²) >= 11 is 0. The molecular weight excluding hydrogens is 168 g/mol. The summed E-state index contributed by atoms with van der Waals surface area (Å²) in [5.74, 6) is -1.19. The normalized spacial score (nSPS) is 10.0. The van der Waals surface area contributed by atoms with Crippen molar-refractivity contribution in [2.45, 2.75) is 20.3 Å². The standard InChI is InChI=1S/C10H12O3/c1-3-7-6(2)4-5-8(9(7)11)10(12)13/h4-5,11H,3H2,1-2H3,(H,12,13). The second-order valence-corrected chi connectivity index (χ2v) is 2.92. The number of carboxylic acids is 1. The Kier molecular flexibility index (Phi) is 2.56. The number of benzene rings is 1. The lowest BCUT2D eigenvalue weighted by Gasteiger charge is -2.07. The first kappa shape index (κ1) is 9.58. The minimum absolute atomic E-state index is 0.0255. The molecular formula is C10H12O3. The van der Waals surface area contributed by atoms with E-state index >= 15 is 0 Å². The van der Waals surface area contributed by atoms with Gasteiger partial charge in [0.05, 0.1) is 0 Å². The second kappa shape index (κ2) is 3.47. The number of aromatic hydroxyl groups is 1. The van der Waals surface area contributed by atoms with Crippen molar-refractivity contribution in [2.24, 2.45) is 0 Å². The van der Waals surface area contributed by atoms with Crippen molar-refractivity contribution in [3.05, 3.63) is 28.8 Å². The van der Waals surface area contributed by atoms with Crippen LogP contribution in [0.2, 0.25) is 0 Å². The van der Waals surface area contributed by atoms with Crippen molar-refractivity contribution < 1.29 is 15.0 Å². The van der Waals surface area contributed by atoms with Crippen molar-refractivity contribution in [2.75, 3.05) is 0 Å². The van der Waals surface area contributed by atoms with Crippen LogP contribution in [0.15, 0.2) is 12.1 Å². The first-order chi connectivity index (χ1) is 6.07. The summed E-state index contributed by atoms with van der Waals surface area (Å²) in [5.41, 5.74) is 1.60. The Morgan fingerprint density at radius 2 is 2.08 bits per heavy atom. The predicted octanol–water partition coefficient (Wildman–Crippen LogP) is 1.96. The highest BCUT2D eigenvalue weighted by molar-refractivity contribution is 5.91. The highest BCUT2D eigenvalue weighted by Gasteiger charge is 2.13. The van der Waals surface area contributed by atoms with Crippen LogP contribution in [-0.4, -0.2) is 16.2 Å². The molecule has 0 fully saturated rings. The first-order valence-electron chi connectivity index (χ1n) is 4.12. The number of rotatable bonds is 2. The van der Waals surface area contributed by atoms with Crippen LogP contribution in [0.1, 0.15) is 28.4 Å². The fraction of sp³-hybridized carbons (Fsp3) is 0.300. The van der Waals surface area contributed by atoms with Crippen molar-refractivity contribution in [3.8, 4) is 5.75 Å². The second-order valence-electron chi connectivity index (χ2n) is 2.92. The van der Waals surface area contributed by atoms with E-state index in [0.717, 1.165) is 5.56 Å². The molecule has 0 aliphatic carbocycles. The number of aryl methyl sites for hydroxylation is 1. The largest absolute Gasteiger partial charge is 0.507 e. The number of carboxylic acid groups (broad SMARTS) is 1.